The van der Waals surface area contributed by atoms with E-state index in [1.54, 1.807) is 0 Å². The fourth-order valence-electron chi connectivity index (χ4n) is 3.50. The van der Waals surface area contributed by atoms with Crippen LogP contribution < -0.4 is 10.6 Å². The normalized spacial score (nSPS) is 14.3. The number of amides is 2. The topological polar surface area (TPSA) is 97.3 Å². The Bertz CT molecular complexity index is 911. The summed E-state index contributed by atoms with van der Waals surface area (Å²) in [6.45, 7) is 7.85. The lowest BCUT2D eigenvalue weighted by Crippen LogP contribution is -2.49. The van der Waals surface area contributed by atoms with E-state index in [-0.39, 0.29) is 18.2 Å². The van der Waals surface area contributed by atoms with Crippen LogP contribution in [0.3, 0.4) is 0 Å². The van der Waals surface area contributed by atoms with E-state index >= 15 is 0 Å². The Kier molecular flexibility index (Phi) is 8.20. The first-order valence-corrected chi connectivity index (χ1v) is 11.8. The van der Waals surface area contributed by atoms with E-state index in [0.717, 1.165) is 31.1 Å². The first kappa shape index (κ1) is 23.4. The zero-order valence-corrected chi connectivity index (χ0v) is 19.5. The van der Waals surface area contributed by atoms with Crippen molar-refractivity contribution < 1.29 is 9.59 Å². The average molecular weight is 465 g/mol. The second-order valence-corrected chi connectivity index (χ2v) is 9.38. The summed E-state index contributed by atoms with van der Waals surface area (Å²) in [6, 6.07) is 7.79. The molecule has 1 fully saturated rings. The summed E-state index contributed by atoms with van der Waals surface area (Å²) in [4.78, 5) is 28.0. The molecular weight excluding hydrogens is 436 g/mol. The van der Waals surface area contributed by atoms with Crippen LogP contribution in [0, 0.1) is 5.92 Å². The molecule has 0 spiro atoms. The lowest BCUT2D eigenvalue weighted by Gasteiger charge is -2.36. The average Bonchev–Trinajstić information content (AvgIpc) is 3.11. The van der Waals surface area contributed by atoms with Gasteiger partial charge in [0.25, 0.3) is 0 Å². The summed E-state index contributed by atoms with van der Waals surface area (Å²) in [5.74, 6) is 1.16. The Hall–Kier alpha value is -2.26. The zero-order chi connectivity index (χ0) is 22.4. The summed E-state index contributed by atoms with van der Waals surface area (Å²) in [6.07, 6.45) is 0.686. The third-order valence-corrected chi connectivity index (χ3v) is 6.25. The van der Waals surface area contributed by atoms with Crippen molar-refractivity contribution >= 4 is 40.9 Å². The standard InChI is InChI=1S/C21H29ClN6O2S/c1-15(2)13-28-19(7-6-18(23)29)24-25-21(28)31-14-20(30)27-10-8-26(9-11-27)17-5-3-4-16(22)12-17/h3-5,12,15H,6-11,13-14H2,1-2H3,(H2,23,29). The maximum absolute atomic E-state index is 12.8. The molecule has 31 heavy (non-hydrogen) atoms. The summed E-state index contributed by atoms with van der Waals surface area (Å²) < 4.78 is 2.00. The Labute approximate surface area is 192 Å². The van der Waals surface area contributed by atoms with Crippen LogP contribution in [0.25, 0.3) is 0 Å². The molecule has 0 unspecified atom stereocenters. The van der Waals surface area contributed by atoms with E-state index in [0.29, 0.717) is 41.4 Å². The van der Waals surface area contributed by atoms with Crippen molar-refractivity contribution in [2.75, 3.05) is 36.8 Å². The zero-order valence-electron chi connectivity index (χ0n) is 18.0. The molecule has 1 aromatic carbocycles. The summed E-state index contributed by atoms with van der Waals surface area (Å²) in [7, 11) is 0. The smallest absolute Gasteiger partial charge is 0.233 e. The van der Waals surface area contributed by atoms with Crippen molar-refractivity contribution in [3.8, 4) is 0 Å². The number of hydrogen-bond donors (Lipinski definition) is 1. The Balaban J connectivity index is 1.55. The number of carbonyl (C=O) groups is 2. The first-order chi connectivity index (χ1) is 14.8. The minimum atomic E-state index is -0.361. The molecule has 3 rings (SSSR count). The predicted octanol–water partition coefficient (Wildman–Crippen LogP) is 2.45. The van der Waals surface area contributed by atoms with E-state index in [2.05, 4.69) is 28.9 Å². The molecule has 1 aliphatic heterocycles. The molecule has 8 nitrogen and oxygen atoms in total. The van der Waals surface area contributed by atoms with Gasteiger partial charge in [0.05, 0.1) is 5.75 Å². The number of nitrogens with zero attached hydrogens (tertiary/aromatic N) is 5. The van der Waals surface area contributed by atoms with Gasteiger partial charge in [-0.2, -0.15) is 0 Å². The molecule has 0 saturated carbocycles. The number of nitrogens with two attached hydrogens (primary N) is 1. The van der Waals surface area contributed by atoms with Gasteiger partial charge in [-0.15, -0.1) is 10.2 Å². The summed E-state index contributed by atoms with van der Waals surface area (Å²) in [5.41, 5.74) is 6.35. The molecule has 0 radical (unpaired) electrons. The van der Waals surface area contributed by atoms with Crippen molar-refractivity contribution in [2.24, 2.45) is 11.7 Å². The van der Waals surface area contributed by atoms with Crippen LogP contribution in [0.2, 0.25) is 5.02 Å². The number of piperazine rings is 1. The van der Waals surface area contributed by atoms with Crippen LogP contribution >= 0.6 is 23.4 Å². The van der Waals surface area contributed by atoms with Crippen LogP contribution in [0.4, 0.5) is 5.69 Å². The quantitative estimate of drug-likeness (QED) is 0.572. The number of aryl methyl sites for hydroxylation is 1. The van der Waals surface area contributed by atoms with Gasteiger partial charge in [0.2, 0.25) is 11.8 Å². The number of halogens is 1. The number of rotatable bonds is 9. The number of thioether (sulfide) groups is 1. The Morgan fingerprint density at radius 2 is 1.94 bits per heavy atom. The van der Waals surface area contributed by atoms with Gasteiger partial charge < -0.3 is 20.1 Å². The SMILES string of the molecule is CC(C)Cn1c(CCC(N)=O)nnc1SCC(=O)N1CCN(c2cccc(Cl)c2)CC1. The number of primary amides is 1. The van der Waals surface area contributed by atoms with Gasteiger partial charge in [-0.25, -0.2) is 0 Å². The second kappa shape index (κ2) is 10.9. The van der Waals surface area contributed by atoms with Gasteiger partial charge in [-0.1, -0.05) is 43.3 Å². The van der Waals surface area contributed by atoms with Crippen LogP contribution in [-0.2, 0) is 22.6 Å². The predicted molar refractivity (Wildman–Crippen MR) is 123 cm³/mol. The molecule has 168 valence electrons. The number of carbonyl (C=O) groups excluding carboxylic acids is 2. The van der Waals surface area contributed by atoms with Gasteiger partial charge >= 0.3 is 0 Å². The molecule has 2 amide bonds. The number of hydrogen-bond acceptors (Lipinski definition) is 6. The molecule has 10 heteroatoms. The minimum Gasteiger partial charge on any atom is -0.370 e. The summed E-state index contributed by atoms with van der Waals surface area (Å²) >= 11 is 7.49. The number of aromatic nitrogens is 3. The highest BCUT2D eigenvalue weighted by Gasteiger charge is 2.23. The van der Waals surface area contributed by atoms with Crippen molar-refractivity contribution in [3.05, 3.63) is 35.1 Å². The monoisotopic (exact) mass is 464 g/mol. The van der Waals surface area contributed by atoms with E-state index in [1.807, 2.05) is 33.7 Å². The van der Waals surface area contributed by atoms with Crippen molar-refractivity contribution in [2.45, 2.75) is 38.4 Å². The molecule has 0 bridgehead atoms. The third-order valence-electron chi connectivity index (χ3n) is 5.07. The van der Waals surface area contributed by atoms with E-state index in [1.165, 1.54) is 11.8 Å². The third kappa shape index (κ3) is 6.61. The Morgan fingerprint density at radius 3 is 2.58 bits per heavy atom. The van der Waals surface area contributed by atoms with Crippen LogP contribution in [-0.4, -0.2) is 63.4 Å². The van der Waals surface area contributed by atoms with Gasteiger partial charge in [0.1, 0.15) is 5.82 Å². The largest absolute Gasteiger partial charge is 0.370 e. The minimum absolute atomic E-state index is 0.0912. The first-order valence-electron chi connectivity index (χ1n) is 10.4. The molecule has 1 aromatic heterocycles. The molecule has 1 saturated heterocycles. The van der Waals surface area contributed by atoms with Gasteiger partial charge in [-0.3, -0.25) is 9.59 Å². The molecule has 1 aliphatic rings. The second-order valence-electron chi connectivity index (χ2n) is 8.01. The summed E-state index contributed by atoms with van der Waals surface area (Å²) in [5, 5.41) is 9.90. The Morgan fingerprint density at radius 1 is 1.19 bits per heavy atom. The number of benzene rings is 1. The molecule has 2 N–H and O–H groups in total. The lowest BCUT2D eigenvalue weighted by molar-refractivity contribution is -0.128. The van der Waals surface area contributed by atoms with Crippen LogP contribution in [0.15, 0.2) is 29.4 Å². The highest BCUT2D eigenvalue weighted by molar-refractivity contribution is 7.99. The van der Waals surface area contributed by atoms with Gasteiger partial charge in [0.15, 0.2) is 5.16 Å². The molecule has 0 atom stereocenters. The fraction of sp³-hybridized carbons (Fsp3) is 0.524. The number of anilines is 1. The lowest BCUT2D eigenvalue weighted by atomic mass is 10.2. The molecule has 0 aliphatic carbocycles. The fourth-order valence-corrected chi connectivity index (χ4v) is 4.55. The highest BCUT2D eigenvalue weighted by Crippen LogP contribution is 2.23. The van der Waals surface area contributed by atoms with E-state index < -0.39 is 0 Å². The van der Waals surface area contributed by atoms with Crippen molar-refractivity contribution in [1.29, 1.82) is 0 Å². The van der Waals surface area contributed by atoms with Gasteiger partial charge in [-0.05, 0) is 24.1 Å². The van der Waals surface area contributed by atoms with E-state index in [4.69, 9.17) is 17.3 Å². The van der Waals surface area contributed by atoms with Crippen LogP contribution in [0.1, 0.15) is 26.1 Å². The molecular formula is C21H29ClN6O2S. The van der Waals surface area contributed by atoms with Crippen molar-refractivity contribution in [3.63, 3.8) is 0 Å². The van der Waals surface area contributed by atoms with Gasteiger partial charge in [0, 0.05) is 56.3 Å². The maximum Gasteiger partial charge on any atom is 0.233 e. The molecule has 2 heterocycles. The van der Waals surface area contributed by atoms with Crippen molar-refractivity contribution in [1.82, 2.24) is 19.7 Å². The molecule has 2 aromatic rings. The van der Waals surface area contributed by atoms with Crippen LogP contribution in [0.5, 0.6) is 0 Å². The maximum atomic E-state index is 12.8. The van der Waals surface area contributed by atoms with E-state index in [9.17, 15) is 9.59 Å². The highest BCUT2D eigenvalue weighted by atomic mass is 35.5.